The van der Waals surface area contributed by atoms with Gasteiger partial charge >= 0.3 is 17.9 Å². The Morgan fingerprint density at radius 1 is 0.811 bits per heavy atom. The topological polar surface area (TPSA) is 78.9 Å². The van der Waals surface area contributed by atoms with Crippen LogP contribution in [0.15, 0.2) is 12.7 Å². The van der Waals surface area contributed by atoms with E-state index < -0.39 is 17.5 Å². The molecule has 214 valence electrons. The van der Waals surface area contributed by atoms with Gasteiger partial charge in [0.1, 0.15) is 0 Å². The van der Waals surface area contributed by atoms with Crippen LogP contribution in [0.4, 0.5) is 0 Å². The molecule has 0 aromatic heterocycles. The van der Waals surface area contributed by atoms with Gasteiger partial charge in [-0.05, 0) is 44.4 Å². The molecule has 0 amide bonds. The van der Waals surface area contributed by atoms with E-state index in [9.17, 15) is 14.4 Å². The first-order valence-corrected chi connectivity index (χ1v) is 15.0. The van der Waals surface area contributed by atoms with Crippen molar-refractivity contribution >= 4 is 17.9 Å². The van der Waals surface area contributed by atoms with Crippen LogP contribution in [-0.4, -0.2) is 36.7 Å². The van der Waals surface area contributed by atoms with Gasteiger partial charge in [0.05, 0.1) is 19.1 Å². The number of carbonyl (C=O) groups is 3. The fourth-order valence-corrected chi connectivity index (χ4v) is 4.91. The highest BCUT2D eigenvalue weighted by molar-refractivity contribution is 5.88. The van der Waals surface area contributed by atoms with Crippen molar-refractivity contribution in [2.75, 3.05) is 13.2 Å². The minimum absolute atomic E-state index is 0.212. The van der Waals surface area contributed by atoms with Gasteiger partial charge in [-0.2, -0.15) is 0 Å². The Kier molecular flexibility index (Phi) is 18.1. The van der Waals surface area contributed by atoms with Crippen molar-refractivity contribution in [1.29, 1.82) is 0 Å². The highest BCUT2D eigenvalue weighted by Crippen LogP contribution is 2.37. The number of hydrogen-bond donors (Lipinski definition) is 0. The lowest BCUT2D eigenvalue weighted by molar-refractivity contribution is -0.186. The van der Waals surface area contributed by atoms with Gasteiger partial charge in [-0.15, -0.1) is 0 Å². The van der Waals surface area contributed by atoms with Gasteiger partial charge in [-0.25, -0.2) is 9.59 Å². The van der Waals surface area contributed by atoms with Crippen LogP contribution in [0.25, 0.3) is 0 Å². The molecule has 0 aromatic rings. The number of esters is 3. The first kappa shape index (κ1) is 33.2. The summed E-state index contributed by atoms with van der Waals surface area (Å²) >= 11 is 0. The van der Waals surface area contributed by atoms with Crippen LogP contribution in [0.5, 0.6) is 0 Å². The van der Waals surface area contributed by atoms with E-state index in [1.165, 1.54) is 57.8 Å². The van der Waals surface area contributed by atoms with Gasteiger partial charge in [0.2, 0.25) is 5.60 Å². The smallest absolute Gasteiger partial charge is 0.350 e. The molecule has 6 nitrogen and oxygen atoms in total. The van der Waals surface area contributed by atoms with Crippen LogP contribution in [0.2, 0.25) is 0 Å². The van der Waals surface area contributed by atoms with Crippen molar-refractivity contribution in [2.45, 2.75) is 142 Å². The Bertz CT molecular complexity index is 648. The van der Waals surface area contributed by atoms with E-state index in [2.05, 4.69) is 27.4 Å². The first-order chi connectivity index (χ1) is 17.8. The van der Waals surface area contributed by atoms with Gasteiger partial charge in [-0.1, -0.05) is 104 Å². The summed E-state index contributed by atoms with van der Waals surface area (Å²) in [4.78, 5) is 37.5. The molecule has 1 saturated carbocycles. The third kappa shape index (κ3) is 14.6. The Labute approximate surface area is 226 Å². The number of carbonyl (C=O) groups excluding carboxylic acids is 3. The second-order valence-electron chi connectivity index (χ2n) is 11.1. The summed E-state index contributed by atoms with van der Waals surface area (Å²) in [6.07, 6.45) is 18.6. The van der Waals surface area contributed by atoms with E-state index >= 15 is 0 Å². The molecule has 0 atom stereocenters. The van der Waals surface area contributed by atoms with E-state index in [-0.39, 0.29) is 24.7 Å². The average Bonchev–Trinajstić information content (AvgIpc) is 2.89. The minimum atomic E-state index is -1.34. The molecule has 1 aliphatic rings. The molecule has 0 bridgehead atoms. The molecule has 0 aliphatic heterocycles. The van der Waals surface area contributed by atoms with E-state index in [0.29, 0.717) is 26.1 Å². The number of rotatable bonds is 21. The lowest BCUT2D eigenvalue weighted by Crippen LogP contribution is -2.48. The summed E-state index contributed by atoms with van der Waals surface area (Å²) in [5, 5.41) is 0. The van der Waals surface area contributed by atoms with Crippen LogP contribution in [0, 0.1) is 11.8 Å². The van der Waals surface area contributed by atoms with Crippen LogP contribution < -0.4 is 0 Å². The predicted molar refractivity (Wildman–Crippen MR) is 148 cm³/mol. The first-order valence-electron chi connectivity index (χ1n) is 15.0. The standard InChI is InChI=1S/C31H54O6/c1-5-7-8-9-10-11-14-18-25-36-30(34)31(37-28(32)6-2)22-20-27(21-23-31)29(33)35-24-17-15-12-13-16-19-26(3)4/h6,26-27H,2,5,7-25H2,1,3-4H3. The lowest BCUT2D eigenvalue weighted by atomic mass is 9.78. The molecule has 37 heavy (non-hydrogen) atoms. The van der Waals surface area contributed by atoms with E-state index in [1.807, 2.05) is 0 Å². The van der Waals surface area contributed by atoms with Crippen LogP contribution >= 0.6 is 0 Å². The Balaban J connectivity index is 2.36. The molecule has 0 saturated heterocycles. The van der Waals surface area contributed by atoms with Crippen LogP contribution in [0.3, 0.4) is 0 Å². The third-order valence-corrected chi connectivity index (χ3v) is 7.36. The largest absolute Gasteiger partial charge is 0.465 e. The van der Waals surface area contributed by atoms with Crippen molar-refractivity contribution < 1.29 is 28.6 Å². The predicted octanol–water partition coefficient (Wildman–Crippen LogP) is 7.87. The number of ether oxygens (including phenoxy) is 3. The molecule has 0 unspecified atom stereocenters. The van der Waals surface area contributed by atoms with Crippen molar-refractivity contribution in [2.24, 2.45) is 11.8 Å². The molecular formula is C31H54O6. The summed E-state index contributed by atoms with van der Waals surface area (Å²) in [6, 6.07) is 0. The number of hydrogen-bond acceptors (Lipinski definition) is 6. The second kappa shape index (κ2) is 20.2. The fraction of sp³-hybridized carbons (Fsp3) is 0.839. The number of unbranched alkanes of at least 4 members (excludes halogenated alkanes) is 11. The highest BCUT2D eigenvalue weighted by atomic mass is 16.6. The molecule has 0 radical (unpaired) electrons. The monoisotopic (exact) mass is 522 g/mol. The van der Waals surface area contributed by atoms with Crippen molar-refractivity contribution in [3.8, 4) is 0 Å². The summed E-state index contributed by atoms with van der Waals surface area (Å²) in [5.41, 5.74) is -1.34. The van der Waals surface area contributed by atoms with Gasteiger partial charge in [-0.3, -0.25) is 4.79 Å². The molecule has 6 heteroatoms. The molecule has 0 aromatic carbocycles. The average molecular weight is 523 g/mol. The highest BCUT2D eigenvalue weighted by Gasteiger charge is 2.48. The Hall–Kier alpha value is -1.85. The normalized spacial score (nSPS) is 19.4. The van der Waals surface area contributed by atoms with Crippen molar-refractivity contribution in [3.05, 3.63) is 12.7 Å². The Morgan fingerprint density at radius 2 is 1.32 bits per heavy atom. The SMILES string of the molecule is C=CC(=O)OC1(C(=O)OCCCCCCCCCC)CCC(C(=O)OCCCCCCCC(C)C)CC1. The van der Waals surface area contributed by atoms with E-state index in [4.69, 9.17) is 14.2 Å². The molecule has 0 heterocycles. The third-order valence-electron chi connectivity index (χ3n) is 7.36. The summed E-state index contributed by atoms with van der Waals surface area (Å²) in [5.74, 6) is -0.876. The summed E-state index contributed by atoms with van der Waals surface area (Å²) in [6.45, 7) is 10.9. The maximum absolute atomic E-state index is 13.0. The van der Waals surface area contributed by atoms with Crippen molar-refractivity contribution in [3.63, 3.8) is 0 Å². The zero-order valence-electron chi connectivity index (χ0n) is 24.0. The zero-order valence-corrected chi connectivity index (χ0v) is 24.0. The molecule has 1 rings (SSSR count). The van der Waals surface area contributed by atoms with E-state index in [1.54, 1.807) is 0 Å². The molecule has 0 spiro atoms. The summed E-state index contributed by atoms with van der Waals surface area (Å²) < 4.78 is 16.6. The lowest BCUT2D eigenvalue weighted by Gasteiger charge is -2.36. The zero-order chi connectivity index (χ0) is 27.4. The molecular weight excluding hydrogens is 468 g/mol. The van der Waals surface area contributed by atoms with Gasteiger partial charge in [0, 0.05) is 6.08 Å². The second-order valence-corrected chi connectivity index (χ2v) is 11.1. The van der Waals surface area contributed by atoms with Gasteiger partial charge < -0.3 is 14.2 Å². The van der Waals surface area contributed by atoms with Gasteiger partial charge in [0.25, 0.3) is 0 Å². The van der Waals surface area contributed by atoms with Crippen LogP contribution in [-0.2, 0) is 28.6 Å². The quantitative estimate of drug-likeness (QED) is 0.0660. The van der Waals surface area contributed by atoms with E-state index in [0.717, 1.165) is 44.1 Å². The summed E-state index contributed by atoms with van der Waals surface area (Å²) in [7, 11) is 0. The Morgan fingerprint density at radius 3 is 1.86 bits per heavy atom. The van der Waals surface area contributed by atoms with Crippen molar-refractivity contribution in [1.82, 2.24) is 0 Å². The molecule has 0 N–H and O–H groups in total. The van der Waals surface area contributed by atoms with Gasteiger partial charge in [0.15, 0.2) is 0 Å². The maximum Gasteiger partial charge on any atom is 0.350 e. The minimum Gasteiger partial charge on any atom is -0.465 e. The molecule has 1 aliphatic carbocycles. The maximum atomic E-state index is 13.0. The molecule has 1 fully saturated rings. The van der Waals surface area contributed by atoms with Crippen LogP contribution in [0.1, 0.15) is 136 Å². The fourth-order valence-electron chi connectivity index (χ4n) is 4.91.